The second-order valence-electron chi connectivity index (χ2n) is 5.04. The molecule has 0 spiro atoms. The monoisotopic (exact) mass is 279 g/mol. The highest BCUT2D eigenvalue weighted by atomic mass is 16.5. The van der Waals surface area contributed by atoms with E-state index in [9.17, 15) is 4.79 Å². The normalized spacial score (nSPS) is 16.1. The number of rotatable bonds is 6. The zero-order valence-corrected chi connectivity index (χ0v) is 11.8. The summed E-state index contributed by atoms with van der Waals surface area (Å²) in [5, 5.41) is 12.0. The summed E-state index contributed by atoms with van der Waals surface area (Å²) in [6.07, 6.45) is 6.72. The first-order valence-corrected chi connectivity index (χ1v) is 7.02. The van der Waals surface area contributed by atoms with Crippen molar-refractivity contribution in [2.75, 3.05) is 19.0 Å². The molecule has 1 aromatic rings. The van der Waals surface area contributed by atoms with Gasteiger partial charge in [-0.25, -0.2) is 9.97 Å². The lowest BCUT2D eigenvalue weighted by molar-refractivity contribution is -0.139. The molecule has 1 aromatic heterocycles. The van der Waals surface area contributed by atoms with E-state index in [2.05, 4.69) is 15.3 Å². The molecule has 1 heterocycles. The maximum absolute atomic E-state index is 10.7. The molecule has 0 aliphatic heterocycles. The largest absolute Gasteiger partial charge is 0.481 e. The zero-order valence-electron chi connectivity index (χ0n) is 11.8. The Kier molecular flexibility index (Phi) is 5.29. The van der Waals surface area contributed by atoms with E-state index >= 15 is 0 Å². The van der Waals surface area contributed by atoms with Crippen LogP contribution in [0.5, 0.6) is 0 Å². The molecule has 0 radical (unpaired) electrons. The van der Waals surface area contributed by atoms with Crippen LogP contribution in [0, 0.1) is 0 Å². The van der Waals surface area contributed by atoms with Crippen LogP contribution in [0.1, 0.15) is 36.9 Å². The quantitative estimate of drug-likeness (QED) is 0.770. The number of hydrogen-bond acceptors (Lipinski definition) is 5. The third-order valence-corrected chi connectivity index (χ3v) is 3.61. The van der Waals surface area contributed by atoms with Gasteiger partial charge in [0.05, 0.1) is 12.5 Å². The molecule has 1 aliphatic carbocycles. The highest BCUT2D eigenvalue weighted by Crippen LogP contribution is 2.23. The van der Waals surface area contributed by atoms with Crippen molar-refractivity contribution in [3.63, 3.8) is 0 Å². The van der Waals surface area contributed by atoms with E-state index in [1.807, 2.05) is 0 Å². The van der Waals surface area contributed by atoms with E-state index < -0.39 is 5.97 Å². The molecule has 20 heavy (non-hydrogen) atoms. The van der Waals surface area contributed by atoms with Crippen LogP contribution in [-0.2, 0) is 22.4 Å². The average molecular weight is 279 g/mol. The number of carboxylic acids is 1. The third kappa shape index (κ3) is 3.90. The number of carboxylic acid groups (broad SMARTS) is 1. The predicted octanol–water partition coefficient (Wildman–Crippen LogP) is 1.65. The standard InChI is InChI=1S/C14H21N3O3/c1-20-10(7-13(18)19)8-15-14-11-5-3-2-4-6-12(11)16-9-17-14/h9-10H,2-8H2,1H3,(H,18,19)(H,15,16,17). The summed E-state index contributed by atoms with van der Waals surface area (Å²) in [5.74, 6) is -0.0375. The molecule has 0 fully saturated rings. The summed E-state index contributed by atoms with van der Waals surface area (Å²) in [7, 11) is 1.52. The minimum Gasteiger partial charge on any atom is -0.481 e. The minimum atomic E-state index is -0.861. The highest BCUT2D eigenvalue weighted by molar-refractivity contribution is 5.67. The second-order valence-corrected chi connectivity index (χ2v) is 5.04. The molecule has 1 aliphatic rings. The van der Waals surface area contributed by atoms with Crippen molar-refractivity contribution in [3.05, 3.63) is 17.6 Å². The van der Waals surface area contributed by atoms with Gasteiger partial charge in [0.15, 0.2) is 0 Å². The van der Waals surface area contributed by atoms with Gasteiger partial charge in [0.2, 0.25) is 0 Å². The number of nitrogens with one attached hydrogen (secondary N) is 1. The van der Waals surface area contributed by atoms with Gasteiger partial charge in [-0.2, -0.15) is 0 Å². The lowest BCUT2D eigenvalue weighted by Gasteiger charge is -2.17. The fourth-order valence-corrected chi connectivity index (χ4v) is 2.49. The van der Waals surface area contributed by atoms with Gasteiger partial charge in [-0.05, 0) is 25.7 Å². The highest BCUT2D eigenvalue weighted by Gasteiger charge is 2.16. The van der Waals surface area contributed by atoms with Gasteiger partial charge in [-0.1, -0.05) is 6.42 Å². The number of carbonyl (C=O) groups is 1. The zero-order chi connectivity index (χ0) is 14.4. The van der Waals surface area contributed by atoms with Crippen LogP contribution in [0.3, 0.4) is 0 Å². The van der Waals surface area contributed by atoms with Gasteiger partial charge in [0.25, 0.3) is 0 Å². The van der Waals surface area contributed by atoms with Gasteiger partial charge in [0, 0.05) is 24.9 Å². The first-order chi connectivity index (χ1) is 9.70. The Balaban J connectivity index is 2.04. The van der Waals surface area contributed by atoms with Crippen LogP contribution in [0.25, 0.3) is 0 Å². The van der Waals surface area contributed by atoms with Crippen molar-refractivity contribution in [1.82, 2.24) is 9.97 Å². The summed E-state index contributed by atoms with van der Waals surface area (Å²) in [6.45, 7) is 0.437. The number of ether oxygens (including phenoxy) is 1. The summed E-state index contributed by atoms with van der Waals surface area (Å²) in [4.78, 5) is 19.4. The Labute approximate surface area is 118 Å². The number of aliphatic carboxylic acids is 1. The van der Waals surface area contributed by atoms with Gasteiger partial charge in [0.1, 0.15) is 12.1 Å². The van der Waals surface area contributed by atoms with Gasteiger partial charge < -0.3 is 15.2 Å². The van der Waals surface area contributed by atoms with Crippen LogP contribution < -0.4 is 5.32 Å². The molecule has 1 atom stereocenters. The Morgan fingerprint density at radius 3 is 2.95 bits per heavy atom. The lowest BCUT2D eigenvalue weighted by atomic mass is 10.1. The maximum Gasteiger partial charge on any atom is 0.306 e. The third-order valence-electron chi connectivity index (χ3n) is 3.61. The smallest absolute Gasteiger partial charge is 0.306 e. The van der Waals surface area contributed by atoms with E-state index in [1.54, 1.807) is 6.33 Å². The van der Waals surface area contributed by atoms with Crippen molar-refractivity contribution in [2.24, 2.45) is 0 Å². The molecule has 6 nitrogen and oxygen atoms in total. The van der Waals surface area contributed by atoms with Crippen molar-refractivity contribution >= 4 is 11.8 Å². The van der Waals surface area contributed by atoms with Crippen molar-refractivity contribution < 1.29 is 14.6 Å². The van der Waals surface area contributed by atoms with Crippen molar-refractivity contribution in [3.8, 4) is 0 Å². The van der Waals surface area contributed by atoms with E-state index in [0.29, 0.717) is 6.54 Å². The van der Waals surface area contributed by atoms with Crippen LogP contribution in [0.2, 0.25) is 0 Å². The van der Waals surface area contributed by atoms with Gasteiger partial charge >= 0.3 is 5.97 Å². The molecule has 110 valence electrons. The molecule has 2 rings (SSSR count). The second kappa shape index (κ2) is 7.19. The van der Waals surface area contributed by atoms with Crippen LogP contribution in [-0.4, -0.2) is 40.8 Å². The van der Waals surface area contributed by atoms with Crippen molar-refractivity contribution in [2.45, 2.75) is 44.6 Å². The van der Waals surface area contributed by atoms with Crippen LogP contribution >= 0.6 is 0 Å². The van der Waals surface area contributed by atoms with E-state index in [4.69, 9.17) is 9.84 Å². The number of aryl methyl sites for hydroxylation is 1. The molecular formula is C14H21N3O3. The molecular weight excluding hydrogens is 258 g/mol. The predicted molar refractivity (Wildman–Crippen MR) is 74.8 cm³/mol. The van der Waals surface area contributed by atoms with E-state index in [-0.39, 0.29) is 12.5 Å². The molecule has 6 heteroatoms. The minimum absolute atomic E-state index is 0.0171. The fourth-order valence-electron chi connectivity index (χ4n) is 2.49. The van der Waals surface area contributed by atoms with Crippen LogP contribution in [0.15, 0.2) is 6.33 Å². The number of aromatic nitrogens is 2. The fraction of sp³-hybridized carbons (Fsp3) is 0.643. The number of methoxy groups -OCH3 is 1. The Hall–Kier alpha value is -1.69. The molecule has 0 saturated carbocycles. The summed E-state index contributed by atoms with van der Waals surface area (Å²) < 4.78 is 5.16. The summed E-state index contributed by atoms with van der Waals surface area (Å²) >= 11 is 0. The number of fused-ring (bicyclic) bond motifs is 1. The molecule has 0 amide bonds. The Morgan fingerprint density at radius 2 is 2.20 bits per heavy atom. The SMILES string of the molecule is COC(CNc1ncnc2c1CCCCC2)CC(=O)O. The molecule has 1 unspecified atom stereocenters. The first kappa shape index (κ1) is 14.7. The number of nitrogens with zero attached hydrogens (tertiary/aromatic N) is 2. The molecule has 0 aromatic carbocycles. The first-order valence-electron chi connectivity index (χ1n) is 7.02. The van der Waals surface area contributed by atoms with Gasteiger partial charge in [-0.3, -0.25) is 4.79 Å². The summed E-state index contributed by atoms with van der Waals surface area (Å²) in [5.41, 5.74) is 2.29. The molecule has 2 N–H and O–H groups in total. The Morgan fingerprint density at radius 1 is 1.40 bits per heavy atom. The van der Waals surface area contributed by atoms with Crippen LogP contribution in [0.4, 0.5) is 5.82 Å². The lowest BCUT2D eigenvalue weighted by Crippen LogP contribution is -2.26. The number of anilines is 1. The maximum atomic E-state index is 10.7. The van der Waals surface area contributed by atoms with E-state index in [0.717, 1.165) is 30.8 Å². The topological polar surface area (TPSA) is 84.3 Å². The average Bonchev–Trinajstić information content (AvgIpc) is 2.68. The molecule has 0 bridgehead atoms. The van der Waals surface area contributed by atoms with Gasteiger partial charge in [-0.15, -0.1) is 0 Å². The molecule has 0 saturated heterocycles. The summed E-state index contributed by atoms with van der Waals surface area (Å²) in [6, 6.07) is 0. The van der Waals surface area contributed by atoms with Crippen molar-refractivity contribution in [1.29, 1.82) is 0 Å². The van der Waals surface area contributed by atoms with E-state index in [1.165, 1.54) is 25.5 Å². The Bertz CT molecular complexity index is 465. The number of hydrogen-bond donors (Lipinski definition) is 2.